The number of nitrogens with zero attached hydrogens (tertiary/aromatic N) is 1. The molecule has 112 valence electrons. The number of hydrogen-bond donors (Lipinski definition) is 2. The van der Waals surface area contributed by atoms with E-state index in [4.69, 9.17) is 16.5 Å². The molecule has 0 spiro atoms. The Hall–Kier alpha value is -2.01. The van der Waals surface area contributed by atoms with Gasteiger partial charge in [-0.2, -0.15) is 0 Å². The van der Waals surface area contributed by atoms with E-state index in [1.807, 2.05) is 0 Å². The number of carbonyl (C=O) groups is 1. The standard InChI is InChI=1S/C16H21N3O2/c1-19(2)6-5-12-9-17-15-4-3-11(8-14(12)15)7-13-10-21-16(20)18-13/h3-4,8-9,13,17H,5-7,10H2,1-2H3,(H,18,20)/t13-/m0/s1/i1D3,6D2,7D2,9D,10D2/hD2. The van der Waals surface area contributed by atoms with Gasteiger partial charge in [0.1, 0.15) is 6.56 Å². The monoisotopic (exact) mass is 299 g/mol. The molecule has 5 nitrogen and oxygen atoms in total. The highest BCUT2D eigenvalue weighted by Crippen LogP contribution is 2.21. The Morgan fingerprint density at radius 2 is 2.62 bits per heavy atom. The molecule has 1 aromatic carbocycles. The predicted octanol–water partition coefficient (Wildman–Crippen LogP) is 1.92. The van der Waals surface area contributed by atoms with Crippen molar-refractivity contribution >= 4 is 17.0 Å². The number of aromatic nitrogens is 1. The molecule has 5 heteroatoms. The predicted molar refractivity (Wildman–Crippen MR) is 82.5 cm³/mol. The molecule has 0 bridgehead atoms. The van der Waals surface area contributed by atoms with Gasteiger partial charge in [0, 0.05) is 33.2 Å². The molecule has 0 unspecified atom stereocenters. The summed E-state index contributed by atoms with van der Waals surface area (Å²) >= 11 is 0. The first-order valence-corrected chi connectivity index (χ1v) is 6.21. The number of hydrogen-bond acceptors (Lipinski definition) is 3. The van der Waals surface area contributed by atoms with Crippen molar-refractivity contribution in [2.75, 3.05) is 27.1 Å². The highest BCUT2D eigenvalue weighted by Gasteiger charge is 2.22. The molecule has 1 fully saturated rings. The van der Waals surface area contributed by atoms with Crippen LogP contribution >= 0.6 is 0 Å². The van der Waals surface area contributed by atoms with Gasteiger partial charge in [0.15, 0.2) is 2.82 Å². The second-order valence-corrected chi connectivity index (χ2v) is 4.49. The number of amides is 1. The average Bonchev–Trinajstić information content (AvgIpc) is 3.03. The topological polar surface area (TPSA) is 57.4 Å². The van der Waals surface area contributed by atoms with Crippen LogP contribution < -0.4 is 5.31 Å². The fourth-order valence-electron chi connectivity index (χ4n) is 1.97. The van der Waals surface area contributed by atoms with Gasteiger partial charge in [-0.1, -0.05) is 6.07 Å². The van der Waals surface area contributed by atoms with Crippen LogP contribution in [0.4, 0.5) is 4.79 Å². The molecule has 1 aliphatic rings. The molecule has 1 atom stereocenters. The van der Waals surface area contributed by atoms with Crippen LogP contribution in [0.5, 0.6) is 0 Å². The van der Waals surface area contributed by atoms with E-state index < -0.39 is 51.1 Å². The molecule has 2 aromatic rings. The van der Waals surface area contributed by atoms with Crippen molar-refractivity contribution in [3.8, 4) is 0 Å². The maximum Gasteiger partial charge on any atom is 0.407 e. The number of H-pyrrole nitrogens is 1. The molecule has 1 aromatic heterocycles. The van der Waals surface area contributed by atoms with Gasteiger partial charge < -0.3 is 19.9 Å². The zero-order valence-corrected chi connectivity index (χ0v) is 11.2. The highest BCUT2D eigenvalue weighted by molar-refractivity contribution is 5.84. The minimum absolute atomic E-state index is 0.0526. The Kier molecular flexibility index (Phi) is 1.55. The summed E-state index contributed by atoms with van der Waals surface area (Å²) in [5.74, 6) is 0. The maximum atomic E-state index is 11.7. The number of cyclic esters (lactones) is 1. The third-order valence-corrected chi connectivity index (χ3v) is 2.92. The Labute approximate surface area is 141 Å². The fraction of sp³-hybridized carbons (Fsp3) is 0.438. The van der Waals surface area contributed by atoms with Crippen LogP contribution in [0.3, 0.4) is 0 Å². The molecule has 2 N–H and O–H groups in total. The van der Waals surface area contributed by atoms with Gasteiger partial charge in [0.2, 0.25) is 0 Å². The van der Waals surface area contributed by atoms with Crippen molar-refractivity contribution in [1.82, 2.24) is 15.2 Å². The van der Waals surface area contributed by atoms with E-state index >= 15 is 0 Å². The fourth-order valence-corrected chi connectivity index (χ4v) is 1.97. The van der Waals surface area contributed by atoms with Crippen LogP contribution in [0.2, 0.25) is 2.82 Å². The normalized spacial score (nSPS) is 31.4. The Morgan fingerprint density at radius 3 is 3.38 bits per heavy atom. The summed E-state index contributed by atoms with van der Waals surface area (Å²) in [6.07, 6.45) is -5.04. The number of nitrogens with one attached hydrogen (secondary N) is 2. The van der Waals surface area contributed by atoms with Crippen molar-refractivity contribution in [2.45, 2.75) is 18.8 Å². The minimum Gasteiger partial charge on any atom is -0.447 e. The Morgan fingerprint density at radius 1 is 1.71 bits per heavy atom. The molecule has 1 aliphatic heterocycles. The van der Waals surface area contributed by atoms with E-state index in [0.29, 0.717) is 9.88 Å². The molecular weight excluding hydrogens is 266 g/mol. The summed E-state index contributed by atoms with van der Waals surface area (Å²) in [5, 5.41) is 0.155. The summed E-state index contributed by atoms with van der Waals surface area (Å²) in [5.41, 5.74) is -0.134. The average molecular weight is 299 g/mol. The number of rotatable bonds is 5. The quantitative estimate of drug-likeness (QED) is 0.887. The third kappa shape index (κ3) is 3.19. The molecular formula is C16H21N3O2. The van der Waals surface area contributed by atoms with Crippen molar-refractivity contribution in [3.63, 3.8) is 0 Å². The lowest BCUT2D eigenvalue weighted by Crippen LogP contribution is -2.28. The van der Waals surface area contributed by atoms with Crippen LogP contribution in [0, 0.1) is 0 Å². The molecule has 0 radical (unpaired) electrons. The Balaban J connectivity index is 2.13. The first-order valence-electron chi connectivity index (χ1n) is 12.1. The van der Waals surface area contributed by atoms with Gasteiger partial charge in [-0.25, -0.2) is 4.79 Å². The van der Waals surface area contributed by atoms with E-state index in [0.717, 1.165) is 7.05 Å². The van der Waals surface area contributed by atoms with E-state index in [2.05, 4.69) is 4.74 Å². The number of likely N-dealkylation sites (N-methyl/N-ethyl adjacent to an activating group) is 1. The van der Waals surface area contributed by atoms with E-state index in [9.17, 15) is 4.79 Å². The number of aromatic amines is 1. The number of fused-ring (bicyclic) bond motifs is 1. The van der Waals surface area contributed by atoms with Crippen molar-refractivity contribution in [1.29, 1.82) is 0 Å². The first-order chi connectivity index (χ1) is 14.8. The SMILES string of the molecule is [2H]c1c(CC([2H])([2H])N(C)C([2H])([2H])[2H])c2cc(C([2H])([2H])[C@@H]3N([2H])C(=O)OC3([2H])[2H])ccc2n1[2H]. The number of alkyl carbamates (subject to hydrolysis) is 1. The lowest BCUT2D eigenvalue weighted by Gasteiger charge is -2.09. The van der Waals surface area contributed by atoms with Gasteiger partial charge in [-0.15, -0.1) is 0 Å². The lowest BCUT2D eigenvalue weighted by atomic mass is 10.0. The van der Waals surface area contributed by atoms with Crippen molar-refractivity contribution in [3.05, 3.63) is 35.5 Å². The smallest absolute Gasteiger partial charge is 0.407 e. The van der Waals surface area contributed by atoms with Crippen LogP contribution in [0.1, 0.15) is 24.8 Å². The number of aryl methyl sites for hydroxylation is 1. The summed E-state index contributed by atoms with van der Waals surface area (Å²) in [6, 6.07) is 1.71. The van der Waals surface area contributed by atoms with Crippen molar-refractivity contribution in [2.24, 2.45) is 0 Å². The number of carbonyl (C=O) groups excluding carboxylic acids is 1. The van der Waals surface area contributed by atoms with Crippen molar-refractivity contribution < 1.29 is 26.1 Å². The zero-order valence-electron chi connectivity index (χ0n) is 23.2. The van der Waals surface area contributed by atoms with Crippen LogP contribution in [0.25, 0.3) is 10.9 Å². The molecule has 1 saturated heterocycles. The molecule has 1 amide bonds. The number of ether oxygens (including phenoxy) is 1. The van der Waals surface area contributed by atoms with Gasteiger partial charge >= 0.3 is 6.09 Å². The van der Waals surface area contributed by atoms with Crippen LogP contribution in [0.15, 0.2) is 24.4 Å². The number of benzene rings is 1. The van der Waals surface area contributed by atoms with Crippen LogP contribution in [-0.2, 0) is 17.5 Å². The maximum absolute atomic E-state index is 11.7. The van der Waals surface area contributed by atoms with Gasteiger partial charge in [-0.05, 0) is 50.1 Å². The third-order valence-electron chi connectivity index (χ3n) is 2.92. The summed E-state index contributed by atoms with van der Waals surface area (Å²) in [6.45, 7) is -8.04. The second kappa shape index (κ2) is 5.77. The molecule has 2 heterocycles. The highest BCUT2D eigenvalue weighted by atomic mass is 16.6. The zero-order chi connectivity index (χ0) is 25.3. The summed E-state index contributed by atoms with van der Waals surface area (Å²) in [7, 11) is 1.06. The summed E-state index contributed by atoms with van der Waals surface area (Å²) in [4.78, 5) is 12.9. The molecule has 21 heavy (non-hydrogen) atoms. The molecule has 0 saturated carbocycles. The van der Waals surface area contributed by atoms with Gasteiger partial charge in [0.05, 0.1) is 10.2 Å². The van der Waals surface area contributed by atoms with E-state index in [-0.39, 0.29) is 27.3 Å². The van der Waals surface area contributed by atoms with Crippen LogP contribution in [-0.4, -0.2) is 49.1 Å². The van der Waals surface area contributed by atoms with E-state index in [1.165, 1.54) is 18.2 Å². The largest absolute Gasteiger partial charge is 0.447 e. The van der Waals surface area contributed by atoms with Gasteiger partial charge in [0.25, 0.3) is 0 Å². The molecule has 0 aliphatic carbocycles. The van der Waals surface area contributed by atoms with Gasteiger partial charge in [-0.3, -0.25) is 0 Å². The second-order valence-electron chi connectivity index (χ2n) is 4.49. The summed E-state index contributed by atoms with van der Waals surface area (Å²) < 4.78 is 99.8. The Bertz CT molecular complexity index is 1100. The lowest BCUT2D eigenvalue weighted by molar-refractivity contribution is 0.177. The van der Waals surface area contributed by atoms with E-state index in [1.54, 1.807) is 0 Å². The molecule has 3 rings (SSSR count). The minimum atomic E-state index is -2.82. The first kappa shape index (κ1) is 5.65.